The number of ether oxygens (including phenoxy) is 1. The Morgan fingerprint density at radius 2 is 2.18 bits per heavy atom. The molecule has 1 amide bonds. The zero-order valence-corrected chi connectivity index (χ0v) is 10.5. The predicted molar refractivity (Wildman–Crippen MR) is 62.6 cm³/mol. The maximum absolute atomic E-state index is 11.5. The van der Waals surface area contributed by atoms with E-state index in [9.17, 15) is 9.59 Å². The van der Waals surface area contributed by atoms with Gasteiger partial charge in [0.1, 0.15) is 0 Å². The van der Waals surface area contributed by atoms with Gasteiger partial charge < -0.3 is 15.2 Å². The van der Waals surface area contributed by atoms with Gasteiger partial charge in [-0.05, 0) is 33.1 Å². The van der Waals surface area contributed by atoms with Crippen LogP contribution in [0.1, 0.15) is 39.5 Å². The highest BCUT2D eigenvalue weighted by molar-refractivity contribution is 5.78. The largest absolute Gasteiger partial charge is 0.481 e. The molecule has 0 saturated carbocycles. The Labute approximate surface area is 102 Å². The summed E-state index contributed by atoms with van der Waals surface area (Å²) >= 11 is 0. The molecule has 1 atom stereocenters. The highest BCUT2D eigenvalue weighted by Crippen LogP contribution is 2.17. The average Bonchev–Trinajstić information content (AvgIpc) is 2.76. The summed E-state index contributed by atoms with van der Waals surface area (Å²) in [5.41, 5.74) is -0.917. The SMILES string of the molecule is CC(C)(CNC(=O)CCC1CCCO1)C(=O)O. The van der Waals surface area contributed by atoms with E-state index in [0.29, 0.717) is 6.42 Å². The topological polar surface area (TPSA) is 75.6 Å². The maximum atomic E-state index is 11.5. The van der Waals surface area contributed by atoms with Crippen molar-refractivity contribution in [1.29, 1.82) is 0 Å². The van der Waals surface area contributed by atoms with Crippen molar-refractivity contribution in [3.8, 4) is 0 Å². The molecule has 1 aliphatic rings. The first-order valence-electron chi connectivity index (χ1n) is 6.03. The second-order valence-electron chi connectivity index (χ2n) is 5.14. The maximum Gasteiger partial charge on any atom is 0.310 e. The number of hydrogen-bond donors (Lipinski definition) is 2. The van der Waals surface area contributed by atoms with Gasteiger partial charge in [-0.1, -0.05) is 0 Å². The Kier molecular flexibility index (Phi) is 4.93. The highest BCUT2D eigenvalue weighted by Gasteiger charge is 2.27. The van der Waals surface area contributed by atoms with Crippen LogP contribution >= 0.6 is 0 Å². The number of amides is 1. The summed E-state index contributed by atoms with van der Waals surface area (Å²) in [6.45, 7) is 4.14. The van der Waals surface area contributed by atoms with Gasteiger partial charge in [-0.15, -0.1) is 0 Å². The van der Waals surface area contributed by atoms with Crippen molar-refractivity contribution in [1.82, 2.24) is 5.32 Å². The second-order valence-corrected chi connectivity index (χ2v) is 5.14. The smallest absolute Gasteiger partial charge is 0.310 e. The van der Waals surface area contributed by atoms with E-state index in [0.717, 1.165) is 25.9 Å². The van der Waals surface area contributed by atoms with E-state index in [2.05, 4.69) is 5.32 Å². The Balaban J connectivity index is 2.18. The summed E-state index contributed by atoms with van der Waals surface area (Å²) in [5.74, 6) is -1.01. The van der Waals surface area contributed by atoms with E-state index in [1.165, 1.54) is 0 Å². The van der Waals surface area contributed by atoms with Crippen molar-refractivity contribution < 1.29 is 19.4 Å². The number of carbonyl (C=O) groups is 2. The van der Waals surface area contributed by atoms with E-state index in [1.807, 2.05) is 0 Å². The van der Waals surface area contributed by atoms with Crippen LogP contribution in [0.5, 0.6) is 0 Å². The molecule has 0 aromatic heterocycles. The molecule has 0 aromatic carbocycles. The molecule has 0 radical (unpaired) electrons. The van der Waals surface area contributed by atoms with E-state index in [-0.39, 0.29) is 18.6 Å². The third-order valence-electron chi connectivity index (χ3n) is 3.02. The molecule has 17 heavy (non-hydrogen) atoms. The van der Waals surface area contributed by atoms with Crippen LogP contribution in [0.4, 0.5) is 0 Å². The Morgan fingerprint density at radius 3 is 2.71 bits per heavy atom. The molecule has 1 aliphatic heterocycles. The average molecular weight is 243 g/mol. The molecule has 1 fully saturated rings. The number of hydrogen-bond acceptors (Lipinski definition) is 3. The zero-order chi connectivity index (χ0) is 12.9. The monoisotopic (exact) mass is 243 g/mol. The minimum absolute atomic E-state index is 0.102. The molecule has 5 heteroatoms. The van der Waals surface area contributed by atoms with Crippen molar-refractivity contribution in [2.24, 2.45) is 5.41 Å². The van der Waals surface area contributed by atoms with Crippen LogP contribution < -0.4 is 5.32 Å². The van der Waals surface area contributed by atoms with Crippen molar-refractivity contribution >= 4 is 11.9 Å². The fraction of sp³-hybridized carbons (Fsp3) is 0.833. The van der Waals surface area contributed by atoms with Crippen LogP contribution in [0.2, 0.25) is 0 Å². The van der Waals surface area contributed by atoms with Gasteiger partial charge in [0.2, 0.25) is 5.91 Å². The Morgan fingerprint density at radius 1 is 1.47 bits per heavy atom. The molecule has 5 nitrogen and oxygen atoms in total. The number of aliphatic carboxylic acids is 1. The summed E-state index contributed by atoms with van der Waals surface area (Å²) in [4.78, 5) is 22.3. The molecule has 1 heterocycles. The highest BCUT2D eigenvalue weighted by atomic mass is 16.5. The first kappa shape index (κ1) is 14.0. The van der Waals surface area contributed by atoms with Crippen molar-refractivity contribution in [3.05, 3.63) is 0 Å². The van der Waals surface area contributed by atoms with Gasteiger partial charge in [-0.2, -0.15) is 0 Å². The summed E-state index contributed by atoms with van der Waals surface area (Å²) in [6, 6.07) is 0. The lowest BCUT2D eigenvalue weighted by atomic mass is 9.94. The molecule has 2 N–H and O–H groups in total. The second kappa shape index (κ2) is 6.00. The van der Waals surface area contributed by atoms with Crippen molar-refractivity contribution in [3.63, 3.8) is 0 Å². The summed E-state index contributed by atoms with van der Waals surface area (Å²) in [7, 11) is 0. The molecule has 0 aromatic rings. The van der Waals surface area contributed by atoms with E-state index in [1.54, 1.807) is 13.8 Å². The third kappa shape index (κ3) is 4.73. The van der Waals surface area contributed by atoms with Gasteiger partial charge in [0.25, 0.3) is 0 Å². The number of rotatable bonds is 6. The van der Waals surface area contributed by atoms with Crippen LogP contribution in [-0.4, -0.2) is 36.2 Å². The molecule has 0 aliphatic carbocycles. The molecule has 1 rings (SSSR count). The Bertz CT molecular complexity index is 282. The minimum atomic E-state index is -0.917. The van der Waals surface area contributed by atoms with E-state index >= 15 is 0 Å². The van der Waals surface area contributed by atoms with Crippen LogP contribution in [0.15, 0.2) is 0 Å². The summed E-state index contributed by atoms with van der Waals surface area (Å²) in [6.07, 6.45) is 3.42. The fourth-order valence-corrected chi connectivity index (χ4v) is 1.65. The number of nitrogens with one attached hydrogen (secondary N) is 1. The van der Waals surface area contributed by atoms with Crippen LogP contribution in [0.25, 0.3) is 0 Å². The summed E-state index contributed by atoms with van der Waals surface area (Å²) < 4.78 is 5.41. The molecule has 1 saturated heterocycles. The van der Waals surface area contributed by atoms with Crippen LogP contribution in [-0.2, 0) is 14.3 Å². The number of carbonyl (C=O) groups excluding carboxylic acids is 1. The van der Waals surface area contributed by atoms with Gasteiger partial charge in [0.15, 0.2) is 0 Å². The molecule has 0 bridgehead atoms. The number of carboxylic acids is 1. The number of carboxylic acid groups (broad SMARTS) is 1. The van der Waals surface area contributed by atoms with Crippen molar-refractivity contribution in [2.45, 2.75) is 45.6 Å². The molecular weight excluding hydrogens is 222 g/mol. The molecule has 1 unspecified atom stereocenters. The minimum Gasteiger partial charge on any atom is -0.481 e. The third-order valence-corrected chi connectivity index (χ3v) is 3.02. The summed E-state index contributed by atoms with van der Waals surface area (Å²) in [5, 5.41) is 11.5. The Hall–Kier alpha value is -1.10. The fourth-order valence-electron chi connectivity index (χ4n) is 1.65. The molecule has 98 valence electrons. The van der Waals surface area contributed by atoms with E-state index in [4.69, 9.17) is 9.84 Å². The van der Waals surface area contributed by atoms with Gasteiger partial charge in [-0.3, -0.25) is 9.59 Å². The molecule has 0 spiro atoms. The lowest BCUT2D eigenvalue weighted by Gasteiger charge is -2.19. The van der Waals surface area contributed by atoms with Crippen LogP contribution in [0, 0.1) is 5.41 Å². The quantitative estimate of drug-likeness (QED) is 0.734. The van der Waals surface area contributed by atoms with Gasteiger partial charge in [0.05, 0.1) is 11.5 Å². The van der Waals surface area contributed by atoms with Gasteiger partial charge in [-0.25, -0.2) is 0 Å². The first-order valence-corrected chi connectivity index (χ1v) is 6.03. The van der Waals surface area contributed by atoms with Gasteiger partial charge in [0, 0.05) is 19.6 Å². The first-order chi connectivity index (χ1) is 7.92. The van der Waals surface area contributed by atoms with E-state index < -0.39 is 11.4 Å². The zero-order valence-electron chi connectivity index (χ0n) is 10.5. The van der Waals surface area contributed by atoms with Crippen molar-refractivity contribution in [2.75, 3.05) is 13.2 Å². The molecular formula is C12H21NO4. The normalized spacial score (nSPS) is 20.2. The van der Waals surface area contributed by atoms with Crippen LogP contribution in [0.3, 0.4) is 0 Å². The lowest BCUT2D eigenvalue weighted by molar-refractivity contribution is -0.146. The predicted octanol–water partition coefficient (Wildman–Crippen LogP) is 1.17. The van der Waals surface area contributed by atoms with Gasteiger partial charge >= 0.3 is 5.97 Å². The lowest BCUT2D eigenvalue weighted by Crippen LogP contribution is -2.39. The standard InChI is InChI=1S/C12H21NO4/c1-12(2,11(15)16)8-13-10(14)6-5-9-4-3-7-17-9/h9H,3-8H2,1-2H3,(H,13,14)(H,15,16).